The fraction of sp³-hybridized carbons (Fsp3) is 0.286. The van der Waals surface area contributed by atoms with Gasteiger partial charge in [-0.05, 0) is 24.1 Å². The van der Waals surface area contributed by atoms with Crippen LogP contribution in [0.5, 0.6) is 0 Å². The van der Waals surface area contributed by atoms with Crippen LogP contribution in [0.15, 0.2) is 18.3 Å². The van der Waals surface area contributed by atoms with Crippen LogP contribution in [0.2, 0.25) is 5.15 Å². The topological polar surface area (TPSA) is 24.1 Å². The maximum atomic E-state index is 9.02. The monoisotopic (exact) mass is 158 g/mol. The number of hydrogen-bond acceptors (Lipinski definition) is 1. The van der Waals surface area contributed by atoms with E-state index < -0.39 is 0 Å². The molecule has 2 nitrogen and oxygen atoms in total. The lowest BCUT2D eigenvalue weighted by molar-refractivity contribution is -0.903. The molecule has 0 aromatic carbocycles. The second-order valence-electron chi connectivity index (χ2n) is 2.06. The van der Waals surface area contributed by atoms with E-state index in [-0.39, 0.29) is 0 Å². The maximum absolute atomic E-state index is 9.02. The molecular weight excluding hydrogens is 150 g/mol. The van der Waals surface area contributed by atoms with Crippen molar-refractivity contribution in [3.63, 3.8) is 0 Å². The second-order valence-corrected chi connectivity index (χ2v) is 2.45. The largest absolute Gasteiger partial charge is 0.325 e. The standard InChI is InChI=1S/C7H9ClNO/c1-2-6-3-4-7(8)9(10)5-6/h3-5,10H,2H2,1H3/q+1. The number of halogens is 1. The number of pyridine rings is 1. The van der Waals surface area contributed by atoms with E-state index in [9.17, 15) is 0 Å². The lowest BCUT2D eigenvalue weighted by atomic mass is 10.2. The van der Waals surface area contributed by atoms with E-state index in [0.29, 0.717) is 5.15 Å². The number of aryl methyl sites for hydroxylation is 1. The first kappa shape index (κ1) is 7.35. The molecule has 0 fully saturated rings. The van der Waals surface area contributed by atoms with Crippen LogP contribution in [-0.4, -0.2) is 5.21 Å². The summed E-state index contributed by atoms with van der Waals surface area (Å²) in [7, 11) is 0. The molecule has 0 aliphatic heterocycles. The van der Waals surface area contributed by atoms with Crippen molar-refractivity contribution in [2.24, 2.45) is 0 Å². The highest BCUT2D eigenvalue weighted by Crippen LogP contribution is 2.02. The Hall–Kier alpha value is -0.760. The second kappa shape index (κ2) is 2.88. The van der Waals surface area contributed by atoms with Gasteiger partial charge in [0.1, 0.15) is 0 Å². The van der Waals surface area contributed by atoms with Crippen molar-refractivity contribution in [1.29, 1.82) is 0 Å². The van der Waals surface area contributed by atoms with Gasteiger partial charge in [-0.1, -0.05) is 6.92 Å². The highest BCUT2D eigenvalue weighted by molar-refractivity contribution is 6.28. The van der Waals surface area contributed by atoms with E-state index in [2.05, 4.69) is 0 Å². The molecule has 0 aliphatic rings. The van der Waals surface area contributed by atoms with E-state index >= 15 is 0 Å². The van der Waals surface area contributed by atoms with Gasteiger partial charge in [-0.25, -0.2) is 0 Å². The lowest BCUT2D eigenvalue weighted by Crippen LogP contribution is -2.31. The van der Waals surface area contributed by atoms with Gasteiger partial charge in [0, 0.05) is 16.4 Å². The Morgan fingerprint density at radius 3 is 2.80 bits per heavy atom. The first-order valence-electron chi connectivity index (χ1n) is 3.13. The summed E-state index contributed by atoms with van der Waals surface area (Å²) in [6.07, 6.45) is 2.50. The Morgan fingerprint density at radius 2 is 2.30 bits per heavy atom. The summed E-state index contributed by atoms with van der Waals surface area (Å²) in [6.45, 7) is 2.02. The molecule has 0 saturated carbocycles. The van der Waals surface area contributed by atoms with Gasteiger partial charge < -0.3 is 0 Å². The predicted octanol–water partition coefficient (Wildman–Crippen LogP) is 1.43. The zero-order valence-corrected chi connectivity index (χ0v) is 6.47. The molecule has 0 atom stereocenters. The van der Waals surface area contributed by atoms with Gasteiger partial charge in [-0.15, -0.1) is 0 Å². The van der Waals surface area contributed by atoms with Crippen molar-refractivity contribution in [2.45, 2.75) is 13.3 Å². The molecule has 0 saturated heterocycles. The minimum atomic E-state index is 0.331. The smallest absolute Gasteiger partial charge is 0.284 e. The van der Waals surface area contributed by atoms with Crippen LogP contribution < -0.4 is 4.73 Å². The van der Waals surface area contributed by atoms with Gasteiger partial charge in [0.15, 0.2) is 0 Å². The summed E-state index contributed by atoms with van der Waals surface area (Å²) < 4.78 is 0.917. The van der Waals surface area contributed by atoms with Gasteiger partial charge in [0.2, 0.25) is 6.20 Å². The molecular formula is C7H9ClNO+. The Morgan fingerprint density at radius 1 is 1.60 bits per heavy atom. The Kier molecular flexibility index (Phi) is 2.12. The first-order valence-corrected chi connectivity index (χ1v) is 3.51. The molecule has 0 spiro atoms. The summed E-state index contributed by atoms with van der Waals surface area (Å²) in [5, 5.41) is 9.35. The van der Waals surface area contributed by atoms with Gasteiger partial charge in [0.05, 0.1) is 0 Å². The molecule has 0 radical (unpaired) electrons. The molecule has 54 valence electrons. The number of rotatable bonds is 1. The highest BCUT2D eigenvalue weighted by Gasteiger charge is 2.05. The average molecular weight is 159 g/mol. The SMILES string of the molecule is CCc1ccc(Cl)[n+](O)c1. The van der Waals surface area contributed by atoms with Crippen LogP contribution >= 0.6 is 11.6 Å². The van der Waals surface area contributed by atoms with Gasteiger partial charge in [0.25, 0.3) is 0 Å². The van der Waals surface area contributed by atoms with Crippen molar-refractivity contribution in [2.75, 3.05) is 0 Å². The third-order valence-corrected chi connectivity index (χ3v) is 1.65. The van der Waals surface area contributed by atoms with Gasteiger partial charge in [-0.2, -0.15) is 0 Å². The zero-order chi connectivity index (χ0) is 7.56. The van der Waals surface area contributed by atoms with Crippen LogP contribution in [-0.2, 0) is 6.42 Å². The summed E-state index contributed by atoms with van der Waals surface area (Å²) in [5.41, 5.74) is 1.06. The Labute approximate surface area is 64.6 Å². The van der Waals surface area contributed by atoms with Gasteiger partial charge >= 0.3 is 5.15 Å². The van der Waals surface area contributed by atoms with Gasteiger partial charge in [-0.3, -0.25) is 5.21 Å². The predicted molar refractivity (Wildman–Crippen MR) is 38.2 cm³/mol. The number of hydrogen-bond donors (Lipinski definition) is 1. The fourth-order valence-corrected chi connectivity index (χ4v) is 0.835. The van der Waals surface area contributed by atoms with Crippen LogP contribution in [0, 0.1) is 0 Å². The molecule has 10 heavy (non-hydrogen) atoms. The van der Waals surface area contributed by atoms with Crippen LogP contribution in [0.4, 0.5) is 0 Å². The maximum Gasteiger partial charge on any atom is 0.325 e. The van der Waals surface area contributed by atoms with Crippen molar-refractivity contribution >= 4 is 11.6 Å². The summed E-state index contributed by atoms with van der Waals surface area (Å²) in [6, 6.07) is 3.55. The van der Waals surface area contributed by atoms with E-state index in [1.54, 1.807) is 12.3 Å². The van der Waals surface area contributed by atoms with E-state index in [1.807, 2.05) is 13.0 Å². The van der Waals surface area contributed by atoms with Crippen molar-refractivity contribution in [1.82, 2.24) is 0 Å². The summed E-state index contributed by atoms with van der Waals surface area (Å²) in [5.74, 6) is 0. The molecule has 1 N–H and O–H groups in total. The molecule has 0 bridgehead atoms. The first-order chi connectivity index (χ1) is 4.74. The third-order valence-electron chi connectivity index (χ3n) is 1.35. The molecule has 0 unspecified atom stereocenters. The average Bonchev–Trinajstić information content (AvgIpc) is 1.95. The normalized spacial score (nSPS) is 9.80. The van der Waals surface area contributed by atoms with E-state index in [4.69, 9.17) is 16.8 Å². The summed E-state index contributed by atoms with van der Waals surface area (Å²) in [4.78, 5) is 0. The lowest BCUT2D eigenvalue weighted by Gasteiger charge is -1.90. The Bertz CT molecular complexity index is 237. The third kappa shape index (κ3) is 1.39. The quantitative estimate of drug-likeness (QED) is 0.373. The minimum Gasteiger partial charge on any atom is -0.284 e. The van der Waals surface area contributed by atoms with E-state index in [1.165, 1.54) is 0 Å². The molecule has 1 heterocycles. The number of aromatic nitrogens is 1. The van der Waals surface area contributed by atoms with Crippen LogP contribution in [0.1, 0.15) is 12.5 Å². The molecule has 0 aliphatic carbocycles. The van der Waals surface area contributed by atoms with E-state index in [0.717, 1.165) is 16.7 Å². The molecule has 0 amide bonds. The molecule has 1 aromatic rings. The minimum absolute atomic E-state index is 0.331. The van der Waals surface area contributed by atoms with Crippen molar-refractivity contribution in [3.8, 4) is 0 Å². The molecule has 1 rings (SSSR count). The van der Waals surface area contributed by atoms with Crippen molar-refractivity contribution < 1.29 is 9.94 Å². The molecule has 3 heteroatoms. The fourth-order valence-electron chi connectivity index (χ4n) is 0.723. The zero-order valence-electron chi connectivity index (χ0n) is 5.71. The highest BCUT2D eigenvalue weighted by atomic mass is 35.5. The number of nitrogens with zero attached hydrogens (tertiary/aromatic N) is 1. The van der Waals surface area contributed by atoms with Crippen LogP contribution in [0.3, 0.4) is 0 Å². The Balaban J connectivity index is 3.04. The van der Waals surface area contributed by atoms with Crippen molar-refractivity contribution in [3.05, 3.63) is 29.0 Å². The summed E-state index contributed by atoms with van der Waals surface area (Å²) >= 11 is 5.55. The van der Waals surface area contributed by atoms with Crippen LogP contribution in [0.25, 0.3) is 0 Å². The molecule has 1 aromatic heterocycles.